The van der Waals surface area contributed by atoms with Crippen LogP contribution in [-0.4, -0.2) is 47.5 Å². The van der Waals surface area contributed by atoms with Gasteiger partial charge in [-0.15, -0.1) is 0 Å². The Morgan fingerprint density at radius 3 is 2.63 bits per heavy atom. The number of nitro groups is 1. The fourth-order valence-electron chi connectivity index (χ4n) is 4.38. The number of rotatable bonds is 8. The van der Waals surface area contributed by atoms with E-state index in [9.17, 15) is 14.9 Å². The van der Waals surface area contributed by atoms with Crippen LogP contribution in [0.1, 0.15) is 31.2 Å². The van der Waals surface area contributed by atoms with Gasteiger partial charge in [0.15, 0.2) is 0 Å². The number of carbonyl (C=O) groups is 1. The molecule has 1 fully saturated rings. The number of nitrogens with zero attached hydrogens (tertiary/aromatic N) is 4. The van der Waals surface area contributed by atoms with Gasteiger partial charge < -0.3 is 15.5 Å². The highest BCUT2D eigenvalue weighted by Gasteiger charge is 2.22. The lowest BCUT2D eigenvalue weighted by molar-refractivity contribution is -0.384. The maximum atomic E-state index is 12.2. The molecule has 2 aromatic carbocycles. The third kappa shape index (κ3) is 6.32. The second-order valence-electron chi connectivity index (χ2n) is 9.07. The molecule has 1 aliphatic carbocycles. The van der Waals surface area contributed by atoms with E-state index in [0.717, 1.165) is 42.4 Å². The fourth-order valence-corrected chi connectivity index (χ4v) is 4.38. The van der Waals surface area contributed by atoms with Gasteiger partial charge in [-0.1, -0.05) is 24.3 Å². The molecule has 1 aromatic heterocycles. The van der Waals surface area contributed by atoms with Crippen molar-refractivity contribution in [1.29, 1.82) is 0 Å². The van der Waals surface area contributed by atoms with Gasteiger partial charge in [-0.25, -0.2) is 4.98 Å². The van der Waals surface area contributed by atoms with E-state index in [2.05, 4.69) is 10.6 Å². The van der Waals surface area contributed by atoms with E-state index in [1.807, 2.05) is 43.3 Å². The highest BCUT2D eigenvalue weighted by Crippen LogP contribution is 2.28. The second kappa shape index (κ2) is 10.9. The second-order valence-corrected chi connectivity index (χ2v) is 9.07. The maximum absolute atomic E-state index is 12.2. The normalized spacial score (nSPS) is 17.9. The number of para-hydroxylation sites is 1. The molecule has 0 saturated heterocycles. The summed E-state index contributed by atoms with van der Waals surface area (Å²) in [7, 11) is 3.97. The van der Waals surface area contributed by atoms with Crippen LogP contribution in [0.2, 0.25) is 0 Å². The molecule has 0 radical (unpaired) electrons. The summed E-state index contributed by atoms with van der Waals surface area (Å²) in [4.78, 5) is 34.1. The van der Waals surface area contributed by atoms with E-state index in [-0.39, 0.29) is 11.6 Å². The van der Waals surface area contributed by atoms with Crippen LogP contribution in [0.25, 0.3) is 17.0 Å². The largest absolute Gasteiger partial charge is 0.362 e. The predicted molar refractivity (Wildman–Crippen MR) is 138 cm³/mol. The summed E-state index contributed by atoms with van der Waals surface area (Å²) in [6.45, 7) is 0.613. The number of non-ortho nitro benzene ring substituents is 1. The Morgan fingerprint density at radius 1 is 1.11 bits per heavy atom. The first-order chi connectivity index (χ1) is 16.9. The molecule has 2 N–H and O–H groups in total. The van der Waals surface area contributed by atoms with Crippen molar-refractivity contribution < 1.29 is 9.72 Å². The van der Waals surface area contributed by atoms with E-state index in [1.165, 1.54) is 18.2 Å². The van der Waals surface area contributed by atoms with Crippen molar-refractivity contribution in [2.45, 2.75) is 31.7 Å². The number of aromatic nitrogens is 2. The molecule has 9 nitrogen and oxygen atoms in total. The quantitative estimate of drug-likeness (QED) is 0.282. The van der Waals surface area contributed by atoms with Gasteiger partial charge in [0.25, 0.3) is 5.69 Å². The molecule has 4 rings (SSSR count). The van der Waals surface area contributed by atoms with E-state index in [4.69, 9.17) is 9.97 Å². The maximum Gasteiger partial charge on any atom is 0.270 e. The molecule has 0 atom stereocenters. The van der Waals surface area contributed by atoms with Crippen molar-refractivity contribution in [2.24, 2.45) is 5.92 Å². The summed E-state index contributed by atoms with van der Waals surface area (Å²) in [6, 6.07) is 14.5. The van der Waals surface area contributed by atoms with Crippen molar-refractivity contribution >= 4 is 40.3 Å². The van der Waals surface area contributed by atoms with Crippen LogP contribution >= 0.6 is 0 Å². The number of fused-ring (bicyclic) bond motifs is 1. The lowest BCUT2D eigenvalue weighted by Gasteiger charge is -2.29. The Morgan fingerprint density at radius 2 is 1.89 bits per heavy atom. The first-order valence-electron chi connectivity index (χ1n) is 11.8. The molecule has 35 heavy (non-hydrogen) atoms. The van der Waals surface area contributed by atoms with Crippen LogP contribution in [0, 0.1) is 16.0 Å². The highest BCUT2D eigenvalue weighted by molar-refractivity contribution is 5.92. The summed E-state index contributed by atoms with van der Waals surface area (Å²) < 4.78 is 0. The van der Waals surface area contributed by atoms with Gasteiger partial charge in [0.05, 0.1) is 10.4 Å². The molecule has 0 aliphatic heterocycles. The fraction of sp³-hybridized carbons (Fsp3) is 0.346. The average Bonchev–Trinajstić information content (AvgIpc) is 2.86. The summed E-state index contributed by atoms with van der Waals surface area (Å²) in [5.74, 6) is 1.76. The summed E-state index contributed by atoms with van der Waals surface area (Å²) in [6.07, 6.45) is 6.98. The predicted octanol–water partition coefficient (Wildman–Crippen LogP) is 4.40. The van der Waals surface area contributed by atoms with E-state index < -0.39 is 4.92 Å². The van der Waals surface area contributed by atoms with Crippen LogP contribution in [0.5, 0.6) is 0 Å². The SMILES string of the molecule is CN(C)c1nc(N[C@H]2CC[C@@H](CNC(=O)/C=C/c3cccc([N+](=O)[O-])c3)CC2)nc2ccccc12. The summed E-state index contributed by atoms with van der Waals surface area (Å²) in [5, 5.41) is 18.4. The number of anilines is 2. The molecule has 1 heterocycles. The zero-order valence-electron chi connectivity index (χ0n) is 20.0. The Kier molecular flexibility index (Phi) is 7.54. The molecular weight excluding hydrogens is 444 g/mol. The minimum atomic E-state index is -0.449. The zero-order chi connectivity index (χ0) is 24.8. The van der Waals surface area contributed by atoms with Gasteiger partial charge in [-0.3, -0.25) is 14.9 Å². The van der Waals surface area contributed by atoms with Gasteiger partial charge in [0, 0.05) is 50.3 Å². The zero-order valence-corrected chi connectivity index (χ0v) is 20.0. The monoisotopic (exact) mass is 474 g/mol. The van der Waals surface area contributed by atoms with Gasteiger partial charge in [0.2, 0.25) is 11.9 Å². The third-order valence-electron chi connectivity index (χ3n) is 6.26. The average molecular weight is 475 g/mol. The lowest BCUT2D eigenvalue weighted by Crippen LogP contribution is -2.33. The standard InChI is InChI=1S/C26H30N6O3/c1-31(2)25-22-8-3-4-9-23(22)29-26(30-25)28-20-13-10-19(11-14-20)17-27-24(33)15-12-18-6-5-7-21(16-18)32(34)35/h3-9,12,15-16,19-20H,10-11,13-14,17H2,1-2H3,(H,27,33)(H,28,29,30)/b15-12+/t19-,20+. The highest BCUT2D eigenvalue weighted by atomic mass is 16.6. The molecule has 182 valence electrons. The molecule has 9 heteroatoms. The molecular formula is C26H30N6O3. The van der Waals surface area contributed by atoms with E-state index >= 15 is 0 Å². The van der Waals surface area contributed by atoms with Gasteiger partial charge in [-0.2, -0.15) is 4.98 Å². The number of hydrogen-bond donors (Lipinski definition) is 2. The number of hydrogen-bond acceptors (Lipinski definition) is 7. The summed E-state index contributed by atoms with van der Waals surface area (Å²) in [5.41, 5.74) is 1.54. The Hall–Kier alpha value is -4.01. The van der Waals surface area contributed by atoms with Crippen LogP contribution < -0.4 is 15.5 Å². The van der Waals surface area contributed by atoms with Crippen molar-refractivity contribution in [3.8, 4) is 0 Å². The number of amides is 1. The van der Waals surface area contributed by atoms with Gasteiger partial charge >= 0.3 is 0 Å². The van der Waals surface area contributed by atoms with E-state index in [0.29, 0.717) is 30.0 Å². The summed E-state index contributed by atoms with van der Waals surface area (Å²) >= 11 is 0. The molecule has 1 amide bonds. The minimum absolute atomic E-state index is 0.00459. The topological polar surface area (TPSA) is 113 Å². The van der Waals surface area contributed by atoms with Crippen molar-refractivity contribution in [1.82, 2.24) is 15.3 Å². The first kappa shape index (κ1) is 24.1. The smallest absolute Gasteiger partial charge is 0.270 e. The Labute approximate surface area is 204 Å². The Bertz CT molecular complexity index is 1230. The molecule has 1 aliphatic rings. The Balaban J connectivity index is 1.26. The number of benzene rings is 2. The third-order valence-corrected chi connectivity index (χ3v) is 6.26. The van der Waals surface area contributed by atoms with Crippen molar-refractivity contribution in [3.63, 3.8) is 0 Å². The van der Waals surface area contributed by atoms with Gasteiger partial charge in [-0.05, 0) is 55.4 Å². The number of nitro benzene ring substituents is 1. The van der Waals surface area contributed by atoms with Gasteiger partial charge in [0.1, 0.15) is 5.82 Å². The van der Waals surface area contributed by atoms with Crippen molar-refractivity contribution in [3.05, 3.63) is 70.3 Å². The van der Waals surface area contributed by atoms with Crippen LogP contribution in [-0.2, 0) is 4.79 Å². The van der Waals surface area contributed by atoms with E-state index in [1.54, 1.807) is 18.2 Å². The van der Waals surface area contributed by atoms with Crippen LogP contribution in [0.4, 0.5) is 17.5 Å². The van der Waals surface area contributed by atoms with Crippen molar-refractivity contribution in [2.75, 3.05) is 30.9 Å². The molecule has 1 saturated carbocycles. The van der Waals surface area contributed by atoms with Crippen LogP contribution in [0.15, 0.2) is 54.6 Å². The molecule has 0 bridgehead atoms. The number of carbonyl (C=O) groups excluding carboxylic acids is 1. The molecule has 0 unspecified atom stereocenters. The number of nitrogens with one attached hydrogen (secondary N) is 2. The molecule has 0 spiro atoms. The minimum Gasteiger partial charge on any atom is -0.362 e. The van der Waals surface area contributed by atoms with Crippen LogP contribution in [0.3, 0.4) is 0 Å². The first-order valence-corrected chi connectivity index (χ1v) is 11.8. The molecule has 3 aromatic rings. The lowest BCUT2D eigenvalue weighted by atomic mass is 9.86.